The van der Waals surface area contributed by atoms with Crippen molar-refractivity contribution in [1.82, 2.24) is 4.98 Å². The van der Waals surface area contributed by atoms with Gasteiger partial charge in [-0.05, 0) is 48.7 Å². The Morgan fingerprint density at radius 2 is 1.92 bits per heavy atom. The van der Waals surface area contributed by atoms with Crippen molar-refractivity contribution in [3.05, 3.63) is 64.5 Å². The van der Waals surface area contributed by atoms with Gasteiger partial charge in [0.25, 0.3) is 5.91 Å². The summed E-state index contributed by atoms with van der Waals surface area (Å²) in [6, 6.07) is 16.0. The molecule has 0 unspecified atom stereocenters. The highest BCUT2D eigenvalue weighted by Gasteiger charge is 2.18. The largest absolute Gasteiger partial charge is 0.397 e. The van der Waals surface area contributed by atoms with Crippen LogP contribution < -0.4 is 11.1 Å². The van der Waals surface area contributed by atoms with E-state index < -0.39 is 0 Å². The lowest BCUT2D eigenvalue weighted by Gasteiger charge is -2.05. The average Bonchev–Trinajstić information content (AvgIpc) is 2.96. The predicted octanol–water partition coefficient (Wildman–Crippen LogP) is 5.15. The zero-order valence-electron chi connectivity index (χ0n) is 14.7. The van der Waals surface area contributed by atoms with E-state index in [-0.39, 0.29) is 5.91 Å². The Balaban J connectivity index is 1.71. The fourth-order valence-corrected chi connectivity index (χ4v) is 3.96. The molecule has 0 saturated carbocycles. The maximum Gasteiger partial charge on any atom is 0.267 e. The summed E-state index contributed by atoms with van der Waals surface area (Å²) < 4.78 is 0. The lowest BCUT2D eigenvalue weighted by atomic mass is 10.1. The molecule has 0 aliphatic carbocycles. The molecule has 26 heavy (non-hydrogen) atoms. The highest BCUT2D eigenvalue weighted by atomic mass is 32.1. The van der Waals surface area contributed by atoms with Crippen molar-refractivity contribution >= 4 is 49.7 Å². The highest BCUT2D eigenvalue weighted by Crippen LogP contribution is 2.35. The normalized spacial score (nSPS) is 11.2. The number of benzene rings is 2. The molecule has 2 aromatic carbocycles. The smallest absolute Gasteiger partial charge is 0.267 e. The topological polar surface area (TPSA) is 68.0 Å². The monoisotopic (exact) mass is 361 g/mol. The number of nitrogens with zero attached hydrogens (tertiary/aromatic N) is 1. The zero-order valence-corrected chi connectivity index (χ0v) is 15.5. The molecule has 0 aliphatic rings. The molecule has 4 nitrogen and oxygen atoms in total. The molecule has 0 radical (unpaired) electrons. The summed E-state index contributed by atoms with van der Waals surface area (Å²) in [6.07, 6.45) is 0.968. The van der Waals surface area contributed by atoms with Crippen LogP contribution in [0.1, 0.15) is 27.7 Å². The van der Waals surface area contributed by atoms with E-state index in [0.717, 1.165) is 38.8 Å². The fraction of sp³-hybridized carbons (Fsp3) is 0.143. The van der Waals surface area contributed by atoms with Crippen LogP contribution in [0.15, 0.2) is 48.5 Å². The number of aryl methyl sites for hydroxylation is 2. The summed E-state index contributed by atoms with van der Waals surface area (Å²) >= 11 is 1.33. The van der Waals surface area contributed by atoms with E-state index in [1.165, 1.54) is 16.9 Å². The molecule has 5 heteroatoms. The Bertz CT molecular complexity index is 1130. The van der Waals surface area contributed by atoms with Gasteiger partial charge in [-0.3, -0.25) is 4.79 Å². The molecule has 0 saturated heterocycles. The number of rotatable bonds is 3. The second kappa shape index (κ2) is 6.42. The number of amides is 1. The quantitative estimate of drug-likeness (QED) is 0.530. The van der Waals surface area contributed by atoms with E-state index in [4.69, 9.17) is 10.7 Å². The number of nitrogen functional groups attached to an aromatic ring is 1. The number of fused-ring (bicyclic) bond motifs is 2. The molecule has 1 amide bonds. The van der Waals surface area contributed by atoms with Gasteiger partial charge in [0.2, 0.25) is 0 Å². The van der Waals surface area contributed by atoms with Gasteiger partial charge in [0, 0.05) is 16.5 Å². The third-order valence-corrected chi connectivity index (χ3v) is 5.61. The van der Waals surface area contributed by atoms with Crippen molar-refractivity contribution in [3.63, 3.8) is 0 Å². The number of carbonyl (C=O) groups excluding carboxylic acids is 1. The molecule has 0 fully saturated rings. The number of aromatic nitrogens is 1. The van der Waals surface area contributed by atoms with Crippen molar-refractivity contribution in [1.29, 1.82) is 0 Å². The van der Waals surface area contributed by atoms with Gasteiger partial charge in [-0.1, -0.05) is 31.2 Å². The van der Waals surface area contributed by atoms with Crippen molar-refractivity contribution in [2.45, 2.75) is 20.3 Å². The van der Waals surface area contributed by atoms with Crippen molar-refractivity contribution < 1.29 is 4.79 Å². The molecule has 2 aromatic heterocycles. The first kappa shape index (κ1) is 16.5. The molecule has 4 rings (SSSR count). The Morgan fingerprint density at radius 1 is 1.15 bits per heavy atom. The first-order valence-electron chi connectivity index (χ1n) is 8.55. The Morgan fingerprint density at radius 3 is 2.65 bits per heavy atom. The van der Waals surface area contributed by atoms with E-state index in [1.807, 2.05) is 55.5 Å². The number of thiophene rings is 1. The number of pyridine rings is 1. The van der Waals surface area contributed by atoms with Crippen LogP contribution in [-0.4, -0.2) is 10.9 Å². The van der Waals surface area contributed by atoms with Gasteiger partial charge in [-0.2, -0.15) is 0 Å². The lowest BCUT2D eigenvalue weighted by Crippen LogP contribution is -2.11. The van der Waals surface area contributed by atoms with Crippen molar-refractivity contribution in [3.8, 4) is 0 Å². The Kier molecular flexibility index (Phi) is 4.09. The van der Waals surface area contributed by atoms with Gasteiger partial charge in [-0.25, -0.2) is 4.98 Å². The van der Waals surface area contributed by atoms with Crippen LogP contribution in [0, 0.1) is 6.92 Å². The zero-order chi connectivity index (χ0) is 18.3. The summed E-state index contributed by atoms with van der Waals surface area (Å²) in [6.45, 7) is 4.14. The molecule has 0 spiro atoms. The van der Waals surface area contributed by atoms with Crippen LogP contribution in [0.5, 0.6) is 0 Å². The van der Waals surface area contributed by atoms with Gasteiger partial charge in [0.15, 0.2) is 0 Å². The molecule has 2 heterocycles. The minimum Gasteiger partial charge on any atom is -0.397 e. The summed E-state index contributed by atoms with van der Waals surface area (Å²) in [4.78, 5) is 18.7. The number of anilines is 2. The minimum atomic E-state index is -0.199. The first-order chi connectivity index (χ1) is 12.5. The van der Waals surface area contributed by atoms with Gasteiger partial charge < -0.3 is 11.1 Å². The number of nitrogens with one attached hydrogen (secondary N) is 1. The van der Waals surface area contributed by atoms with Gasteiger partial charge in [-0.15, -0.1) is 11.3 Å². The molecule has 130 valence electrons. The third-order valence-electron chi connectivity index (χ3n) is 4.50. The fourth-order valence-electron chi connectivity index (χ4n) is 2.98. The van der Waals surface area contributed by atoms with Crippen LogP contribution in [0.25, 0.3) is 21.1 Å². The molecule has 0 aliphatic heterocycles. The minimum absolute atomic E-state index is 0.199. The molecule has 4 aromatic rings. The van der Waals surface area contributed by atoms with Gasteiger partial charge >= 0.3 is 0 Å². The lowest BCUT2D eigenvalue weighted by molar-refractivity contribution is 0.103. The van der Waals surface area contributed by atoms with Crippen molar-refractivity contribution in [2.75, 3.05) is 11.1 Å². The van der Waals surface area contributed by atoms with E-state index >= 15 is 0 Å². The second-order valence-corrected chi connectivity index (χ2v) is 7.39. The van der Waals surface area contributed by atoms with Crippen LogP contribution >= 0.6 is 11.3 Å². The Hall–Kier alpha value is -2.92. The molecule has 3 N–H and O–H groups in total. The van der Waals surface area contributed by atoms with Gasteiger partial charge in [0.05, 0.1) is 11.2 Å². The van der Waals surface area contributed by atoms with Crippen LogP contribution in [0.4, 0.5) is 11.4 Å². The van der Waals surface area contributed by atoms with Crippen LogP contribution in [0.2, 0.25) is 0 Å². The number of carbonyl (C=O) groups is 1. The summed E-state index contributed by atoms with van der Waals surface area (Å²) in [5, 5.41) is 4.78. The number of hydrogen-bond acceptors (Lipinski definition) is 4. The van der Waals surface area contributed by atoms with Crippen molar-refractivity contribution in [2.24, 2.45) is 0 Å². The summed E-state index contributed by atoms with van der Waals surface area (Å²) in [5.74, 6) is -0.199. The summed E-state index contributed by atoms with van der Waals surface area (Å²) in [7, 11) is 0. The predicted molar refractivity (Wildman–Crippen MR) is 110 cm³/mol. The first-order valence-corrected chi connectivity index (χ1v) is 9.36. The van der Waals surface area contributed by atoms with E-state index in [2.05, 4.69) is 12.2 Å². The van der Waals surface area contributed by atoms with Crippen LogP contribution in [0.3, 0.4) is 0 Å². The maximum absolute atomic E-state index is 12.7. The standard InChI is InChI=1S/C21H19N3OS/c1-3-13-5-8-15(9-6-13)23-20(25)19-18(22)16-11-14-7-4-12(2)10-17(14)24-21(16)26-19/h4-11H,3,22H2,1-2H3,(H,23,25). The highest BCUT2D eigenvalue weighted by molar-refractivity contribution is 7.21. The van der Waals surface area contributed by atoms with Crippen LogP contribution in [-0.2, 0) is 6.42 Å². The number of nitrogens with two attached hydrogens (primary N) is 1. The SMILES string of the molecule is CCc1ccc(NC(=O)c2sc3nc4cc(C)ccc4cc3c2N)cc1. The maximum atomic E-state index is 12.7. The Labute approximate surface area is 155 Å². The number of hydrogen-bond donors (Lipinski definition) is 2. The average molecular weight is 361 g/mol. The van der Waals surface area contributed by atoms with E-state index in [1.54, 1.807) is 0 Å². The van der Waals surface area contributed by atoms with E-state index in [0.29, 0.717) is 10.6 Å². The third kappa shape index (κ3) is 2.91. The van der Waals surface area contributed by atoms with Gasteiger partial charge in [0.1, 0.15) is 9.71 Å². The second-order valence-electron chi connectivity index (χ2n) is 6.39. The summed E-state index contributed by atoms with van der Waals surface area (Å²) in [5.41, 5.74) is 10.8. The molecular weight excluding hydrogens is 342 g/mol. The van der Waals surface area contributed by atoms with E-state index in [9.17, 15) is 4.79 Å². The molecule has 0 bridgehead atoms. The molecular formula is C21H19N3OS. The molecule has 0 atom stereocenters.